The van der Waals surface area contributed by atoms with Gasteiger partial charge in [-0.15, -0.1) is 0 Å². The van der Waals surface area contributed by atoms with Crippen molar-refractivity contribution in [3.63, 3.8) is 0 Å². The maximum atomic E-state index is 12.5. The molecule has 1 aromatic carbocycles. The molecule has 0 bridgehead atoms. The van der Waals surface area contributed by atoms with E-state index in [1.807, 2.05) is 19.1 Å². The summed E-state index contributed by atoms with van der Waals surface area (Å²) in [5, 5.41) is 12.4. The van der Waals surface area contributed by atoms with Crippen molar-refractivity contribution in [2.24, 2.45) is 5.92 Å². The number of aliphatic hydroxyl groups is 1. The largest absolute Gasteiger partial charge is 0.392 e. The first-order valence-corrected chi connectivity index (χ1v) is 10.0. The minimum Gasteiger partial charge on any atom is -0.392 e. The van der Waals surface area contributed by atoms with E-state index in [1.54, 1.807) is 0 Å². The fourth-order valence-corrected chi connectivity index (χ4v) is 4.34. The van der Waals surface area contributed by atoms with E-state index in [0.717, 1.165) is 53.9 Å². The predicted octanol–water partition coefficient (Wildman–Crippen LogP) is 3.95. The van der Waals surface area contributed by atoms with Crippen LogP contribution in [0.4, 0.5) is 5.82 Å². The Morgan fingerprint density at radius 2 is 2.00 bits per heavy atom. The molecule has 1 aromatic heterocycles. The molecule has 4 rings (SSSR count). The van der Waals surface area contributed by atoms with Crippen LogP contribution < -0.4 is 5.32 Å². The fraction of sp³-hybridized carbons (Fsp3) is 0.500. The highest BCUT2D eigenvalue weighted by Crippen LogP contribution is 2.33. The van der Waals surface area contributed by atoms with Gasteiger partial charge in [-0.3, -0.25) is 4.79 Å². The molecule has 2 aromatic rings. The van der Waals surface area contributed by atoms with Gasteiger partial charge in [0.25, 0.3) is 0 Å². The van der Waals surface area contributed by atoms with Gasteiger partial charge in [-0.1, -0.05) is 37.5 Å². The van der Waals surface area contributed by atoms with E-state index in [4.69, 9.17) is 9.97 Å². The van der Waals surface area contributed by atoms with Crippen molar-refractivity contribution in [1.29, 1.82) is 0 Å². The molecule has 2 aliphatic rings. The molecule has 142 valence electrons. The van der Waals surface area contributed by atoms with Crippen molar-refractivity contribution in [1.82, 2.24) is 9.97 Å². The smallest absolute Gasteiger partial charge is 0.225 e. The molecule has 0 spiro atoms. The van der Waals surface area contributed by atoms with Gasteiger partial charge >= 0.3 is 0 Å². The Morgan fingerprint density at radius 3 is 2.78 bits per heavy atom. The van der Waals surface area contributed by atoms with Crippen molar-refractivity contribution >= 4 is 11.7 Å². The van der Waals surface area contributed by atoms with Gasteiger partial charge in [0, 0.05) is 12.0 Å². The Kier molecular flexibility index (Phi) is 5.21. The number of aromatic nitrogens is 2. The van der Waals surface area contributed by atoms with Crippen LogP contribution in [-0.4, -0.2) is 21.0 Å². The van der Waals surface area contributed by atoms with Crippen LogP contribution in [0.15, 0.2) is 18.2 Å². The van der Waals surface area contributed by atoms with Gasteiger partial charge in [-0.25, -0.2) is 9.97 Å². The summed E-state index contributed by atoms with van der Waals surface area (Å²) in [6.07, 6.45) is 8.38. The average molecular weight is 365 g/mol. The number of nitrogens with zero attached hydrogens (tertiary/aromatic N) is 2. The van der Waals surface area contributed by atoms with Crippen molar-refractivity contribution < 1.29 is 9.90 Å². The number of amides is 1. The zero-order chi connectivity index (χ0) is 18.8. The Labute approximate surface area is 160 Å². The number of nitrogens with one attached hydrogen (secondary N) is 1. The maximum absolute atomic E-state index is 12.5. The predicted molar refractivity (Wildman–Crippen MR) is 105 cm³/mol. The molecule has 1 heterocycles. The minimum atomic E-state index is 0.0524. The molecular weight excluding hydrogens is 338 g/mol. The third kappa shape index (κ3) is 3.88. The Balaban J connectivity index is 1.54. The molecule has 0 saturated heterocycles. The molecule has 5 heteroatoms. The van der Waals surface area contributed by atoms with Crippen LogP contribution in [0.25, 0.3) is 11.3 Å². The first kappa shape index (κ1) is 18.1. The van der Waals surface area contributed by atoms with Gasteiger partial charge in [-0.2, -0.15) is 0 Å². The van der Waals surface area contributed by atoms with Crippen LogP contribution in [0.3, 0.4) is 0 Å². The summed E-state index contributed by atoms with van der Waals surface area (Å²) >= 11 is 0. The lowest BCUT2D eigenvalue weighted by Crippen LogP contribution is -2.21. The normalized spacial score (nSPS) is 16.5. The average Bonchev–Trinajstić information content (AvgIpc) is 2.69. The molecule has 1 saturated carbocycles. The lowest BCUT2D eigenvalue weighted by atomic mass is 9.87. The van der Waals surface area contributed by atoms with Gasteiger partial charge in [0.2, 0.25) is 5.91 Å². The molecule has 1 fully saturated rings. The van der Waals surface area contributed by atoms with Crippen LogP contribution in [-0.2, 0) is 24.2 Å². The van der Waals surface area contributed by atoms with Crippen molar-refractivity contribution in [2.45, 2.75) is 64.9 Å². The van der Waals surface area contributed by atoms with E-state index < -0.39 is 0 Å². The molecule has 2 N–H and O–H groups in total. The summed E-state index contributed by atoms with van der Waals surface area (Å²) in [5.41, 5.74) is 5.82. The highest BCUT2D eigenvalue weighted by molar-refractivity contribution is 5.90. The zero-order valence-electron chi connectivity index (χ0n) is 15.9. The van der Waals surface area contributed by atoms with Gasteiger partial charge in [-0.05, 0) is 49.7 Å². The first-order valence-electron chi connectivity index (χ1n) is 10.0. The summed E-state index contributed by atoms with van der Waals surface area (Å²) in [5.74, 6) is 1.17. The van der Waals surface area contributed by atoms with Crippen molar-refractivity contribution in [2.75, 3.05) is 5.32 Å². The highest BCUT2D eigenvalue weighted by Gasteiger charge is 2.22. The second-order valence-corrected chi connectivity index (χ2v) is 7.86. The summed E-state index contributed by atoms with van der Waals surface area (Å²) < 4.78 is 0. The van der Waals surface area contributed by atoms with Gasteiger partial charge in [0.05, 0.1) is 23.7 Å². The summed E-state index contributed by atoms with van der Waals surface area (Å²) in [4.78, 5) is 22.0. The summed E-state index contributed by atoms with van der Waals surface area (Å²) in [6, 6.07) is 6.01. The van der Waals surface area contributed by atoms with Crippen LogP contribution in [0.5, 0.6) is 0 Å². The van der Waals surface area contributed by atoms with E-state index in [2.05, 4.69) is 11.4 Å². The zero-order valence-corrected chi connectivity index (χ0v) is 15.9. The second kappa shape index (κ2) is 7.77. The number of hydrogen-bond donors (Lipinski definition) is 2. The number of fused-ring (bicyclic) bond motifs is 3. The molecule has 0 aliphatic heterocycles. The number of rotatable bonds is 4. The van der Waals surface area contributed by atoms with E-state index in [9.17, 15) is 9.90 Å². The lowest BCUT2D eigenvalue weighted by Gasteiger charge is -2.22. The maximum Gasteiger partial charge on any atom is 0.225 e. The lowest BCUT2D eigenvalue weighted by molar-refractivity contribution is -0.117. The highest BCUT2D eigenvalue weighted by atomic mass is 16.3. The minimum absolute atomic E-state index is 0.0524. The summed E-state index contributed by atoms with van der Waals surface area (Å²) in [7, 11) is 0. The Hall–Kier alpha value is -2.27. The van der Waals surface area contributed by atoms with Gasteiger partial charge in [0.15, 0.2) is 5.82 Å². The SMILES string of the molecule is Cc1nc2c(nc1NC(=O)CC1CCCCC1)CCc1cc(CO)ccc1-2. The molecular formula is C22H27N3O2. The fourth-order valence-electron chi connectivity index (χ4n) is 4.34. The number of aryl methyl sites for hydroxylation is 3. The van der Waals surface area contributed by atoms with E-state index in [-0.39, 0.29) is 12.5 Å². The number of hydrogen-bond acceptors (Lipinski definition) is 4. The standard InChI is InChI=1S/C22H27N3O2/c1-14-22(25-20(27)12-15-5-3-2-4-6-15)24-19-10-8-17-11-16(13-26)7-9-18(17)21(19)23-14/h7,9,11,15,26H,2-6,8,10,12-13H2,1H3,(H,24,25,27). The molecule has 0 radical (unpaired) electrons. The third-order valence-electron chi connectivity index (χ3n) is 5.84. The topological polar surface area (TPSA) is 75.1 Å². The monoisotopic (exact) mass is 365 g/mol. The molecule has 5 nitrogen and oxygen atoms in total. The molecule has 27 heavy (non-hydrogen) atoms. The Bertz CT molecular complexity index is 857. The number of anilines is 1. The number of aliphatic hydroxyl groups excluding tert-OH is 1. The quantitative estimate of drug-likeness (QED) is 0.860. The summed E-state index contributed by atoms with van der Waals surface area (Å²) in [6.45, 7) is 1.96. The molecule has 1 amide bonds. The third-order valence-corrected chi connectivity index (χ3v) is 5.84. The van der Waals surface area contributed by atoms with E-state index >= 15 is 0 Å². The van der Waals surface area contributed by atoms with Crippen LogP contribution in [0.1, 0.15) is 61.0 Å². The number of carbonyl (C=O) groups is 1. The van der Waals surface area contributed by atoms with Crippen LogP contribution >= 0.6 is 0 Å². The van der Waals surface area contributed by atoms with Gasteiger partial charge < -0.3 is 10.4 Å². The van der Waals surface area contributed by atoms with Crippen LogP contribution in [0, 0.1) is 12.8 Å². The number of benzene rings is 1. The van der Waals surface area contributed by atoms with E-state index in [1.165, 1.54) is 24.8 Å². The Morgan fingerprint density at radius 1 is 1.19 bits per heavy atom. The van der Waals surface area contributed by atoms with Gasteiger partial charge in [0.1, 0.15) is 0 Å². The first-order chi connectivity index (χ1) is 13.1. The van der Waals surface area contributed by atoms with Crippen LogP contribution in [0.2, 0.25) is 0 Å². The molecule has 2 aliphatic carbocycles. The number of carbonyl (C=O) groups excluding carboxylic acids is 1. The van der Waals surface area contributed by atoms with E-state index in [0.29, 0.717) is 18.2 Å². The molecule has 0 unspecified atom stereocenters. The molecule has 0 atom stereocenters. The van der Waals surface area contributed by atoms with Crippen molar-refractivity contribution in [3.05, 3.63) is 40.7 Å². The second-order valence-electron chi connectivity index (χ2n) is 7.86. The van der Waals surface area contributed by atoms with Crippen molar-refractivity contribution in [3.8, 4) is 11.3 Å².